The van der Waals surface area contributed by atoms with Crippen LogP contribution in [0.5, 0.6) is 0 Å². The minimum absolute atomic E-state index is 0.883. The average Bonchev–Trinajstić information content (AvgIpc) is 3.72. The molecular formula is C46H27N3S. The Balaban J connectivity index is 1.17. The lowest BCUT2D eigenvalue weighted by Crippen LogP contribution is -1.97. The lowest BCUT2D eigenvalue weighted by molar-refractivity contribution is 1.18. The zero-order chi connectivity index (χ0) is 32.8. The molecule has 4 heteroatoms. The van der Waals surface area contributed by atoms with Gasteiger partial charge in [0.25, 0.3) is 0 Å². The van der Waals surface area contributed by atoms with E-state index in [1.807, 2.05) is 41.7 Å². The summed E-state index contributed by atoms with van der Waals surface area (Å²) in [4.78, 5) is 10.3. The van der Waals surface area contributed by atoms with Crippen molar-refractivity contribution in [1.29, 1.82) is 0 Å². The molecule has 3 aromatic heterocycles. The molecule has 0 bridgehead atoms. The van der Waals surface area contributed by atoms with Gasteiger partial charge in [-0.25, -0.2) is 9.97 Å². The molecule has 0 saturated heterocycles. The van der Waals surface area contributed by atoms with Crippen molar-refractivity contribution in [3.63, 3.8) is 0 Å². The average molecular weight is 654 g/mol. The second kappa shape index (κ2) is 10.6. The molecule has 0 fully saturated rings. The lowest BCUT2D eigenvalue weighted by atomic mass is 10.0. The van der Waals surface area contributed by atoms with Crippen molar-refractivity contribution < 1.29 is 0 Å². The molecule has 0 unspecified atom stereocenters. The summed E-state index contributed by atoms with van der Waals surface area (Å²) < 4.78 is 5.06. The van der Waals surface area contributed by atoms with Gasteiger partial charge in [-0.1, -0.05) is 115 Å². The largest absolute Gasteiger partial charge is 0.309 e. The summed E-state index contributed by atoms with van der Waals surface area (Å²) in [5.74, 6) is 0. The third-order valence-corrected chi connectivity index (χ3v) is 11.3. The molecule has 11 aromatic rings. The number of benzene rings is 8. The van der Waals surface area contributed by atoms with Gasteiger partial charge in [0.2, 0.25) is 0 Å². The zero-order valence-electron chi connectivity index (χ0n) is 26.8. The van der Waals surface area contributed by atoms with E-state index in [2.05, 4.69) is 138 Å². The highest BCUT2D eigenvalue weighted by Gasteiger charge is 2.19. The molecule has 8 aromatic carbocycles. The highest BCUT2D eigenvalue weighted by molar-refractivity contribution is 7.26. The Morgan fingerprint density at radius 3 is 1.72 bits per heavy atom. The van der Waals surface area contributed by atoms with Gasteiger partial charge in [0.15, 0.2) is 0 Å². The Hall–Kier alpha value is -6.36. The fourth-order valence-electron chi connectivity index (χ4n) is 7.87. The standard InChI is InChI=1S/C46H27N3S/c1-2-12-30(13-3-1)45-46(48-38-17-9-8-16-37(38)47-45)31-18-22-32(23-19-31)49-39-24-20-28-10-4-6-14-33(28)43(39)35-26-36-42(27-40(35)49)50-41-25-21-29-11-5-7-15-34(29)44(36)41/h1-27H. The number of hydrogen-bond donors (Lipinski definition) is 0. The van der Waals surface area contributed by atoms with Crippen LogP contribution < -0.4 is 0 Å². The minimum atomic E-state index is 0.883. The number of para-hydroxylation sites is 2. The summed E-state index contributed by atoms with van der Waals surface area (Å²) in [7, 11) is 0. The fraction of sp³-hybridized carbons (Fsp3) is 0. The van der Waals surface area contributed by atoms with Crippen molar-refractivity contribution in [2.24, 2.45) is 0 Å². The first-order valence-corrected chi connectivity index (χ1v) is 17.7. The van der Waals surface area contributed by atoms with Crippen molar-refractivity contribution in [3.05, 3.63) is 164 Å². The van der Waals surface area contributed by atoms with E-state index in [0.29, 0.717) is 0 Å². The molecular weight excluding hydrogens is 627 g/mol. The van der Waals surface area contributed by atoms with Gasteiger partial charge >= 0.3 is 0 Å². The minimum Gasteiger partial charge on any atom is -0.309 e. The topological polar surface area (TPSA) is 30.7 Å². The van der Waals surface area contributed by atoms with Crippen molar-refractivity contribution in [2.45, 2.75) is 0 Å². The van der Waals surface area contributed by atoms with Gasteiger partial charge in [0, 0.05) is 47.8 Å². The molecule has 3 heterocycles. The van der Waals surface area contributed by atoms with Crippen LogP contribution in [-0.4, -0.2) is 14.5 Å². The molecule has 3 nitrogen and oxygen atoms in total. The van der Waals surface area contributed by atoms with Crippen LogP contribution in [0.2, 0.25) is 0 Å². The Morgan fingerprint density at radius 2 is 1.00 bits per heavy atom. The lowest BCUT2D eigenvalue weighted by Gasteiger charge is -2.12. The van der Waals surface area contributed by atoms with Crippen molar-refractivity contribution in [2.75, 3.05) is 0 Å². The predicted octanol–water partition coefficient (Wildman–Crippen LogP) is 12.7. The van der Waals surface area contributed by atoms with Crippen LogP contribution in [0.3, 0.4) is 0 Å². The number of aromatic nitrogens is 3. The van der Waals surface area contributed by atoms with Crippen LogP contribution in [-0.2, 0) is 0 Å². The van der Waals surface area contributed by atoms with Gasteiger partial charge in [0.1, 0.15) is 0 Å². The van der Waals surface area contributed by atoms with Crippen LogP contribution in [0.25, 0.3) is 103 Å². The first kappa shape index (κ1) is 27.6. The maximum Gasteiger partial charge on any atom is 0.0973 e. The predicted molar refractivity (Wildman–Crippen MR) is 213 cm³/mol. The summed E-state index contributed by atoms with van der Waals surface area (Å²) in [6.07, 6.45) is 0. The zero-order valence-corrected chi connectivity index (χ0v) is 27.7. The highest BCUT2D eigenvalue weighted by atomic mass is 32.1. The summed E-state index contributed by atoms with van der Waals surface area (Å²) in [6, 6.07) is 58.8. The van der Waals surface area contributed by atoms with Gasteiger partial charge in [-0.3, -0.25) is 0 Å². The molecule has 232 valence electrons. The molecule has 0 saturated carbocycles. The Bertz CT molecular complexity index is 3140. The monoisotopic (exact) mass is 653 g/mol. The van der Waals surface area contributed by atoms with Gasteiger partial charge in [0.05, 0.1) is 33.5 Å². The van der Waals surface area contributed by atoms with E-state index in [1.165, 1.54) is 63.5 Å². The second-order valence-electron chi connectivity index (χ2n) is 13.0. The Labute approximate surface area is 291 Å². The summed E-state index contributed by atoms with van der Waals surface area (Å²) in [6.45, 7) is 0. The van der Waals surface area contributed by atoms with Crippen LogP contribution in [0.15, 0.2) is 164 Å². The molecule has 0 radical (unpaired) electrons. The SMILES string of the molecule is c1ccc(-c2nc3ccccc3nc2-c2ccc(-n3c4cc5sc6ccc7ccccc7c6c5cc4c4c5ccccc5ccc43)cc2)cc1. The van der Waals surface area contributed by atoms with E-state index in [1.54, 1.807) is 0 Å². The fourth-order valence-corrected chi connectivity index (χ4v) is 9.01. The number of thiophene rings is 1. The van der Waals surface area contributed by atoms with Gasteiger partial charge < -0.3 is 4.57 Å². The van der Waals surface area contributed by atoms with Crippen molar-refractivity contribution in [3.8, 4) is 28.2 Å². The Morgan fingerprint density at radius 1 is 0.400 bits per heavy atom. The molecule has 0 atom stereocenters. The molecule has 0 aliphatic rings. The van der Waals surface area contributed by atoms with Crippen molar-refractivity contribution >= 4 is 85.9 Å². The van der Waals surface area contributed by atoms with E-state index >= 15 is 0 Å². The second-order valence-corrected chi connectivity index (χ2v) is 14.0. The van der Waals surface area contributed by atoms with Gasteiger partial charge in [-0.15, -0.1) is 11.3 Å². The number of fused-ring (bicyclic) bond motifs is 11. The quantitative estimate of drug-likeness (QED) is 0.190. The first-order valence-electron chi connectivity index (χ1n) is 16.9. The van der Waals surface area contributed by atoms with E-state index in [-0.39, 0.29) is 0 Å². The van der Waals surface area contributed by atoms with Crippen LogP contribution >= 0.6 is 11.3 Å². The van der Waals surface area contributed by atoms with Crippen LogP contribution in [0.4, 0.5) is 0 Å². The maximum atomic E-state index is 5.16. The molecule has 50 heavy (non-hydrogen) atoms. The van der Waals surface area contributed by atoms with E-state index in [0.717, 1.165) is 39.2 Å². The molecule has 0 amide bonds. The highest BCUT2D eigenvalue weighted by Crippen LogP contribution is 2.44. The molecule has 0 N–H and O–H groups in total. The smallest absolute Gasteiger partial charge is 0.0973 e. The normalized spacial score (nSPS) is 12.0. The summed E-state index contributed by atoms with van der Waals surface area (Å²) in [5, 5.41) is 10.3. The van der Waals surface area contributed by atoms with E-state index < -0.39 is 0 Å². The third-order valence-electron chi connectivity index (χ3n) is 10.2. The Kier molecular flexibility index (Phi) is 5.83. The third kappa shape index (κ3) is 4.03. The maximum absolute atomic E-state index is 5.16. The van der Waals surface area contributed by atoms with Gasteiger partial charge in [-0.2, -0.15) is 0 Å². The summed E-state index contributed by atoms with van der Waals surface area (Å²) in [5.41, 5.74) is 9.18. The van der Waals surface area contributed by atoms with E-state index in [9.17, 15) is 0 Å². The summed E-state index contributed by atoms with van der Waals surface area (Å²) >= 11 is 1.88. The number of nitrogens with zero attached hydrogens (tertiary/aromatic N) is 3. The molecule has 0 aliphatic carbocycles. The van der Waals surface area contributed by atoms with E-state index in [4.69, 9.17) is 9.97 Å². The van der Waals surface area contributed by atoms with Gasteiger partial charge in [-0.05, 0) is 70.1 Å². The molecule has 0 aliphatic heterocycles. The van der Waals surface area contributed by atoms with Crippen LogP contribution in [0.1, 0.15) is 0 Å². The number of hydrogen-bond acceptors (Lipinski definition) is 3. The van der Waals surface area contributed by atoms with Crippen molar-refractivity contribution in [1.82, 2.24) is 14.5 Å². The first-order chi connectivity index (χ1) is 24.8. The van der Waals surface area contributed by atoms with Crippen LogP contribution in [0, 0.1) is 0 Å². The molecule has 0 spiro atoms. The number of rotatable bonds is 3. The molecule has 11 rings (SSSR count).